The topological polar surface area (TPSA) is 64.6 Å². The van der Waals surface area contributed by atoms with E-state index in [4.69, 9.17) is 9.47 Å². The van der Waals surface area contributed by atoms with Gasteiger partial charge in [-0.05, 0) is 29.0 Å². The highest BCUT2D eigenvalue weighted by molar-refractivity contribution is 9.10. The maximum atomic E-state index is 12.0. The first-order valence-corrected chi connectivity index (χ1v) is 5.97. The molecule has 1 rings (SSSR count). The molecular formula is C12H14BrNO4. The zero-order valence-electron chi connectivity index (χ0n) is 10.4. The van der Waals surface area contributed by atoms with Crippen LogP contribution in [0.1, 0.15) is 20.7 Å². The summed E-state index contributed by atoms with van der Waals surface area (Å²) in [5.41, 5.74) is 0.677. The van der Waals surface area contributed by atoms with Crippen LogP contribution < -0.4 is 14.8 Å². The van der Waals surface area contributed by atoms with Crippen LogP contribution in [-0.2, 0) is 0 Å². The molecule has 0 aliphatic carbocycles. The third-order valence-electron chi connectivity index (χ3n) is 2.37. The van der Waals surface area contributed by atoms with Crippen LogP contribution in [0.2, 0.25) is 0 Å². The first-order valence-electron chi connectivity index (χ1n) is 5.18. The van der Waals surface area contributed by atoms with Gasteiger partial charge in [0.15, 0.2) is 23.6 Å². The second kappa shape index (κ2) is 6.51. The van der Waals surface area contributed by atoms with Crippen molar-refractivity contribution in [2.45, 2.75) is 0 Å². The fraction of sp³-hybridized carbons (Fsp3) is 0.333. The van der Waals surface area contributed by atoms with Crippen LogP contribution in [0.5, 0.6) is 11.5 Å². The number of hydrogen-bond acceptors (Lipinski definition) is 5. The standard InChI is InChI=1S/C12H14BrNO4/c1-14-5-9(16)10-8(13)4-7(6-15)11(17-2)12(10)18-3/h4,6,14H,5H2,1-3H3. The van der Waals surface area contributed by atoms with Crippen molar-refractivity contribution in [3.05, 3.63) is 21.7 Å². The Balaban J connectivity index is 3.50. The molecule has 0 radical (unpaired) electrons. The zero-order valence-corrected chi connectivity index (χ0v) is 12.0. The molecule has 1 aromatic rings. The van der Waals surface area contributed by atoms with E-state index in [2.05, 4.69) is 21.2 Å². The summed E-state index contributed by atoms with van der Waals surface area (Å²) in [5, 5.41) is 2.77. The SMILES string of the molecule is CNCC(=O)c1c(Br)cc(C=O)c(OC)c1OC. The molecule has 6 heteroatoms. The Morgan fingerprint density at radius 2 is 2.00 bits per heavy atom. The Morgan fingerprint density at radius 3 is 2.44 bits per heavy atom. The van der Waals surface area contributed by atoms with Gasteiger partial charge in [0, 0.05) is 4.47 Å². The van der Waals surface area contributed by atoms with Gasteiger partial charge in [-0.3, -0.25) is 9.59 Å². The summed E-state index contributed by atoms with van der Waals surface area (Å²) in [6, 6.07) is 1.54. The summed E-state index contributed by atoms with van der Waals surface area (Å²) >= 11 is 3.27. The first-order chi connectivity index (χ1) is 8.60. The number of methoxy groups -OCH3 is 2. The largest absolute Gasteiger partial charge is 0.492 e. The van der Waals surface area contributed by atoms with Gasteiger partial charge in [-0.1, -0.05) is 0 Å². The van der Waals surface area contributed by atoms with E-state index in [1.807, 2.05) is 0 Å². The van der Waals surface area contributed by atoms with Crippen LogP contribution in [-0.4, -0.2) is 39.9 Å². The van der Waals surface area contributed by atoms with Crippen molar-refractivity contribution in [3.8, 4) is 11.5 Å². The summed E-state index contributed by atoms with van der Waals surface area (Å²) in [6.45, 7) is 0.165. The molecule has 0 fully saturated rings. The monoisotopic (exact) mass is 315 g/mol. The van der Waals surface area contributed by atoms with Crippen LogP contribution in [0.4, 0.5) is 0 Å². The molecule has 0 aromatic heterocycles. The molecule has 0 aliphatic heterocycles. The molecule has 0 bridgehead atoms. The highest BCUT2D eigenvalue weighted by Gasteiger charge is 2.23. The van der Waals surface area contributed by atoms with Crippen LogP contribution in [0.3, 0.4) is 0 Å². The number of nitrogens with one attached hydrogen (secondary N) is 1. The number of aldehydes is 1. The summed E-state index contributed by atoms with van der Waals surface area (Å²) in [5.74, 6) is 0.362. The average Bonchev–Trinajstić information content (AvgIpc) is 2.37. The molecule has 0 spiro atoms. The van der Waals surface area contributed by atoms with Gasteiger partial charge in [-0.15, -0.1) is 0 Å². The van der Waals surface area contributed by atoms with Crippen molar-refractivity contribution < 1.29 is 19.1 Å². The fourth-order valence-electron chi connectivity index (χ4n) is 1.63. The quantitative estimate of drug-likeness (QED) is 0.639. The molecule has 1 aromatic carbocycles. The first kappa shape index (κ1) is 14.7. The Morgan fingerprint density at radius 1 is 1.39 bits per heavy atom. The molecule has 1 N–H and O–H groups in total. The Kier molecular flexibility index (Phi) is 5.30. The van der Waals surface area contributed by atoms with Crippen molar-refractivity contribution in [2.24, 2.45) is 0 Å². The van der Waals surface area contributed by atoms with Gasteiger partial charge in [0.25, 0.3) is 0 Å². The number of carbonyl (C=O) groups excluding carboxylic acids is 2. The van der Waals surface area contributed by atoms with E-state index >= 15 is 0 Å². The van der Waals surface area contributed by atoms with Gasteiger partial charge in [-0.25, -0.2) is 0 Å². The number of hydrogen-bond donors (Lipinski definition) is 1. The van der Waals surface area contributed by atoms with Crippen LogP contribution in [0, 0.1) is 0 Å². The summed E-state index contributed by atoms with van der Waals surface area (Å²) in [7, 11) is 4.52. The lowest BCUT2D eigenvalue weighted by Gasteiger charge is -2.15. The third-order valence-corrected chi connectivity index (χ3v) is 2.99. The van der Waals surface area contributed by atoms with Gasteiger partial charge < -0.3 is 14.8 Å². The van der Waals surface area contributed by atoms with Crippen molar-refractivity contribution in [1.82, 2.24) is 5.32 Å². The Hall–Kier alpha value is -1.40. The number of benzene rings is 1. The van der Waals surface area contributed by atoms with E-state index in [1.54, 1.807) is 7.05 Å². The number of halogens is 1. The van der Waals surface area contributed by atoms with E-state index in [-0.39, 0.29) is 23.8 Å². The van der Waals surface area contributed by atoms with Crippen molar-refractivity contribution in [3.63, 3.8) is 0 Å². The maximum absolute atomic E-state index is 12.0. The number of ketones is 1. The fourth-order valence-corrected chi connectivity index (χ4v) is 2.28. The van der Waals surface area contributed by atoms with E-state index in [9.17, 15) is 9.59 Å². The minimum atomic E-state index is -0.156. The lowest BCUT2D eigenvalue weighted by Crippen LogP contribution is -2.20. The Bertz CT molecular complexity index is 474. The third kappa shape index (κ3) is 2.70. The number of ether oxygens (including phenoxy) is 2. The van der Waals surface area contributed by atoms with E-state index in [0.717, 1.165) is 0 Å². The minimum Gasteiger partial charge on any atom is -0.492 e. The molecule has 0 aliphatic rings. The molecule has 98 valence electrons. The highest BCUT2D eigenvalue weighted by Crippen LogP contribution is 2.38. The van der Waals surface area contributed by atoms with Crippen LogP contribution in [0.15, 0.2) is 10.5 Å². The zero-order chi connectivity index (χ0) is 13.7. The van der Waals surface area contributed by atoms with Crippen molar-refractivity contribution >= 4 is 28.0 Å². The highest BCUT2D eigenvalue weighted by atomic mass is 79.9. The molecule has 0 unspecified atom stereocenters. The normalized spacial score (nSPS) is 10.0. The lowest BCUT2D eigenvalue weighted by atomic mass is 10.1. The van der Waals surface area contributed by atoms with Crippen LogP contribution >= 0.6 is 15.9 Å². The molecule has 0 saturated carbocycles. The number of likely N-dealkylation sites (N-methyl/N-ethyl adjacent to an activating group) is 1. The second-order valence-corrected chi connectivity index (χ2v) is 4.31. The number of carbonyl (C=O) groups is 2. The maximum Gasteiger partial charge on any atom is 0.181 e. The molecular weight excluding hydrogens is 302 g/mol. The molecule has 5 nitrogen and oxygen atoms in total. The lowest BCUT2D eigenvalue weighted by molar-refractivity contribution is 0.0988. The van der Waals surface area contributed by atoms with E-state index in [1.165, 1.54) is 20.3 Å². The molecule has 0 atom stereocenters. The summed E-state index contributed by atoms with van der Waals surface area (Å²) in [6.07, 6.45) is 0.651. The summed E-state index contributed by atoms with van der Waals surface area (Å²) < 4.78 is 10.8. The van der Waals surface area contributed by atoms with Gasteiger partial charge in [0.1, 0.15) is 0 Å². The Labute approximate surface area is 114 Å². The predicted molar refractivity (Wildman–Crippen MR) is 70.9 cm³/mol. The van der Waals surface area contributed by atoms with E-state index in [0.29, 0.717) is 21.9 Å². The summed E-state index contributed by atoms with van der Waals surface area (Å²) in [4.78, 5) is 23.0. The number of rotatable bonds is 6. The van der Waals surface area contributed by atoms with E-state index < -0.39 is 0 Å². The van der Waals surface area contributed by atoms with Crippen molar-refractivity contribution in [1.29, 1.82) is 0 Å². The van der Waals surface area contributed by atoms with Gasteiger partial charge in [0.05, 0.1) is 31.9 Å². The van der Waals surface area contributed by atoms with Gasteiger partial charge >= 0.3 is 0 Å². The molecule has 0 saturated heterocycles. The number of Topliss-reactive ketones (excluding diaryl/α,β-unsaturated/α-hetero) is 1. The van der Waals surface area contributed by atoms with Gasteiger partial charge in [-0.2, -0.15) is 0 Å². The van der Waals surface area contributed by atoms with Crippen LogP contribution in [0.25, 0.3) is 0 Å². The molecule has 18 heavy (non-hydrogen) atoms. The average molecular weight is 316 g/mol. The molecule has 0 amide bonds. The van der Waals surface area contributed by atoms with Crippen molar-refractivity contribution in [2.75, 3.05) is 27.8 Å². The predicted octanol–water partition coefficient (Wildman–Crippen LogP) is 1.68. The smallest absolute Gasteiger partial charge is 0.181 e. The minimum absolute atomic E-state index is 0.156. The van der Waals surface area contributed by atoms with Gasteiger partial charge in [0.2, 0.25) is 0 Å². The second-order valence-electron chi connectivity index (χ2n) is 3.46. The molecule has 0 heterocycles.